The summed E-state index contributed by atoms with van der Waals surface area (Å²) in [6.07, 6.45) is 0. The Morgan fingerprint density at radius 1 is 1.35 bits per heavy atom. The summed E-state index contributed by atoms with van der Waals surface area (Å²) in [4.78, 5) is 11.8. The highest BCUT2D eigenvalue weighted by molar-refractivity contribution is 9.10. The zero-order chi connectivity index (χ0) is 16.8. The number of carbonyl (C=O) groups excluding carboxylic acids is 1. The van der Waals surface area contributed by atoms with E-state index >= 15 is 0 Å². The van der Waals surface area contributed by atoms with Crippen LogP contribution in [0.1, 0.15) is 12.5 Å². The molecule has 0 aliphatic heterocycles. The number of nitrogens with two attached hydrogens (primary N) is 1. The van der Waals surface area contributed by atoms with E-state index in [0.29, 0.717) is 26.6 Å². The highest BCUT2D eigenvalue weighted by Crippen LogP contribution is 2.27. The number of amides is 1. The minimum atomic E-state index is -0.366. The highest BCUT2D eigenvalue weighted by Gasteiger charge is 2.06. The van der Waals surface area contributed by atoms with Crippen molar-refractivity contribution in [1.82, 2.24) is 5.43 Å². The minimum absolute atomic E-state index is 0.159. The smallest absolute Gasteiger partial charge is 0.277 e. The van der Waals surface area contributed by atoms with Crippen molar-refractivity contribution in [2.24, 2.45) is 5.10 Å². The Bertz CT molecular complexity index is 750. The van der Waals surface area contributed by atoms with E-state index in [4.69, 9.17) is 22.1 Å². The molecule has 23 heavy (non-hydrogen) atoms. The molecule has 0 saturated heterocycles. The summed E-state index contributed by atoms with van der Waals surface area (Å²) in [6.45, 7) is 1.62. The maximum absolute atomic E-state index is 11.8. The van der Waals surface area contributed by atoms with E-state index in [0.717, 1.165) is 5.56 Å². The molecular weight excluding hydrogens is 382 g/mol. The van der Waals surface area contributed by atoms with Gasteiger partial charge in [-0.15, -0.1) is 0 Å². The molecule has 0 saturated carbocycles. The van der Waals surface area contributed by atoms with Crippen molar-refractivity contribution < 1.29 is 9.53 Å². The first-order valence-electron chi connectivity index (χ1n) is 6.72. The van der Waals surface area contributed by atoms with E-state index in [1.165, 1.54) is 0 Å². The van der Waals surface area contributed by atoms with Gasteiger partial charge in [0, 0.05) is 10.7 Å². The average molecular weight is 397 g/mol. The van der Waals surface area contributed by atoms with Crippen molar-refractivity contribution in [1.29, 1.82) is 0 Å². The quantitative estimate of drug-likeness (QED) is 0.460. The van der Waals surface area contributed by atoms with Gasteiger partial charge in [0.1, 0.15) is 5.75 Å². The fourth-order valence-corrected chi connectivity index (χ4v) is 2.54. The Labute approximate surface area is 147 Å². The summed E-state index contributed by atoms with van der Waals surface area (Å²) in [5.41, 5.74) is 10.3. The third kappa shape index (κ3) is 5.26. The summed E-state index contributed by atoms with van der Waals surface area (Å²) < 4.78 is 6.08. The van der Waals surface area contributed by atoms with Crippen LogP contribution in [0.4, 0.5) is 5.69 Å². The lowest BCUT2D eigenvalue weighted by Crippen LogP contribution is -2.25. The molecule has 0 spiro atoms. The largest absolute Gasteiger partial charge is 0.483 e. The molecule has 2 aromatic rings. The number of carbonyl (C=O) groups is 1. The number of anilines is 1. The molecule has 0 aromatic heterocycles. The van der Waals surface area contributed by atoms with Gasteiger partial charge in [-0.3, -0.25) is 4.79 Å². The van der Waals surface area contributed by atoms with Crippen LogP contribution in [0.3, 0.4) is 0 Å². The van der Waals surface area contributed by atoms with E-state index < -0.39 is 0 Å². The zero-order valence-electron chi connectivity index (χ0n) is 12.3. The molecule has 0 unspecified atom stereocenters. The van der Waals surface area contributed by atoms with Gasteiger partial charge in [-0.25, -0.2) is 5.43 Å². The third-order valence-corrected chi connectivity index (χ3v) is 3.76. The number of nitrogen functional groups attached to an aromatic ring is 1. The van der Waals surface area contributed by atoms with Crippen LogP contribution in [-0.4, -0.2) is 18.2 Å². The number of hydrazone groups is 1. The van der Waals surface area contributed by atoms with Crippen molar-refractivity contribution in [3.05, 3.63) is 57.5 Å². The van der Waals surface area contributed by atoms with Gasteiger partial charge in [-0.1, -0.05) is 23.7 Å². The van der Waals surface area contributed by atoms with Gasteiger partial charge in [0.15, 0.2) is 6.61 Å². The molecule has 0 bridgehead atoms. The number of benzene rings is 2. The highest BCUT2D eigenvalue weighted by atomic mass is 79.9. The van der Waals surface area contributed by atoms with Gasteiger partial charge in [-0.05, 0) is 58.7 Å². The molecule has 2 rings (SSSR count). The van der Waals surface area contributed by atoms with Gasteiger partial charge >= 0.3 is 0 Å². The fraction of sp³-hybridized carbons (Fsp3) is 0.125. The second kappa shape index (κ2) is 7.99. The first kappa shape index (κ1) is 17.3. The average Bonchev–Trinajstić information content (AvgIpc) is 2.51. The standard InChI is InChI=1S/C16H15BrClN3O2/c1-10(11-3-2-4-13(19)7-11)20-21-16(22)9-23-15-6-5-12(18)8-14(15)17/h2-8H,9,19H2,1H3,(H,21,22)/b20-10+. The lowest BCUT2D eigenvalue weighted by atomic mass is 10.1. The minimum Gasteiger partial charge on any atom is -0.483 e. The first-order chi connectivity index (χ1) is 11.0. The summed E-state index contributed by atoms with van der Waals surface area (Å²) in [7, 11) is 0. The molecule has 5 nitrogen and oxygen atoms in total. The van der Waals surface area contributed by atoms with Crippen LogP contribution in [-0.2, 0) is 4.79 Å². The van der Waals surface area contributed by atoms with E-state index in [-0.39, 0.29) is 12.5 Å². The Balaban J connectivity index is 1.90. The summed E-state index contributed by atoms with van der Waals surface area (Å²) in [5, 5.41) is 4.61. The Morgan fingerprint density at radius 3 is 2.83 bits per heavy atom. The molecule has 0 aliphatic rings. The molecule has 3 N–H and O–H groups in total. The number of rotatable bonds is 5. The Kier molecular flexibility index (Phi) is 6.01. The van der Waals surface area contributed by atoms with Gasteiger partial charge in [0.05, 0.1) is 10.2 Å². The molecule has 120 valence electrons. The number of halogens is 2. The second-order valence-corrected chi connectivity index (χ2v) is 6.01. The van der Waals surface area contributed by atoms with E-state index in [2.05, 4.69) is 26.5 Å². The normalized spacial score (nSPS) is 11.2. The van der Waals surface area contributed by atoms with E-state index in [9.17, 15) is 4.79 Å². The SMILES string of the molecule is C/C(=N\NC(=O)COc1ccc(Cl)cc1Br)c1cccc(N)c1. The number of ether oxygens (including phenoxy) is 1. The van der Waals surface area contributed by atoms with Gasteiger partial charge in [0.2, 0.25) is 0 Å². The molecule has 0 aliphatic carbocycles. The van der Waals surface area contributed by atoms with Crippen molar-refractivity contribution in [3.8, 4) is 5.75 Å². The van der Waals surface area contributed by atoms with E-state index in [1.807, 2.05) is 12.1 Å². The number of hydrogen-bond donors (Lipinski definition) is 2. The summed E-state index contributed by atoms with van der Waals surface area (Å²) in [5.74, 6) is 0.163. The van der Waals surface area contributed by atoms with Crippen LogP contribution < -0.4 is 15.9 Å². The summed E-state index contributed by atoms with van der Waals surface area (Å²) >= 11 is 9.16. The molecule has 0 heterocycles. The van der Waals surface area contributed by atoms with Crippen molar-refractivity contribution >= 4 is 44.8 Å². The van der Waals surface area contributed by atoms with Crippen LogP contribution in [0.2, 0.25) is 5.02 Å². The van der Waals surface area contributed by atoms with Crippen molar-refractivity contribution in [2.75, 3.05) is 12.3 Å². The Morgan fingerprint density at radius 2 is 2.13 bits per heavy atom. The summed E-state index contributed by atoms with van der Waals surface area (Å²) in [6, 6.07) is 12.3. The van der Waals surface area contributed by atoms with Crippen LogP contribution >= 0.6 is 27.5 Å². The lowest BCUT2D eigenvalue weighted by Gasteiger charge is -2.08. The van der Waals surface area contributed by atoms with Gasteiger partial charge < -0.3 is 10.5 Å². The molecule has 2 aromatic carbocycles. The lowest BCUT2D eigenvalue weighted by molar-refractivity contribution is -0.123. The van der Waals surface area contributed by atoms with Crippen LogP contribution in [0.15, 0.2) is 52.0 Å². The number of nitrogens with zero attached hydrogens (tertiary/aromatic N) is 1. The predicted octanol–water partition coefficient (Wildman–Crippen LogP) is 3.60. The van der Waals surface area contributed by atoms with Crippen LogP contribution in [0.5, 0.6) is 5.75 Å². The number of hydrogen-bond acceptors (Lipinski definition) is 4. The second-order valence-electron chi connectivity index (χ2n) is 4.72. The Hall–Kier alpha value is -2.05. The topological polar surface area (TPSA) is 76.7 Å². The van der Waals surface area contributed by atoms with Crippen LogP contribution in [0, 0.1) is 0 Å². The molecule has 1 amide bonds. The first-order valence-corrected chi connectivity index (χ1v) is 7.89. The van der Waals surface area contributed by atoms with Gasteiger partial charge in [0.25, 0.3) is 5.91 Å². The fourth-order valence-electron chi connectivity index (χ4n) is 1.74. The molecule has 0 fully saturated rings. The van der Waals surface area contributed by atoms with Gasteiger partial charge in [-0.2, -0.15) is 5.10 Å². The molecule has 7 heteroatoms. The van der Waals surface area contributed by atoms with Crippen LogP contribution in [0.25, 0.3) is 0 Å². The van der Waals surface area contributed by atoms with E-state index in [1.54, 1.807) is 37.3 Å². The zero-order valence-corrected chi connectivity index (χ0v) is 14.7. The van der Waals surface area contributed by atoms with Crippen molar-refractivity contribution in [2.45, 2.75) is 6.92 Å². The predicted molar refractivity (Wildman–Crippen MR) is 95.9 cm³/mol. The molecular formula is C16H15BrClN3O2. The maximum atomic E-state index is 11.8. The van der Waals surface area contributed by atoms with Crippen molar-refractivity contribution in [3.63, 3.8) is 0 Å². The monoisotopic (exact) mass is 395 g/mol. The number of nitrogens with one attached hydrogen (secondary N) is 1. The maximum Gasteiger partial charge on any atom is 0.277 e. The molecule has 0 atom stereocenters. The molecule has 0 radical (unpaired) electrons. The third-order valence-electron chi connectivity index (χ3n) is 2.91.